The lowest BCUT2D eigenvalue weighted by Gasteiger charge is -2.21. The average molecular weight is 365 g/mol. The van der Waals surface area contributed by atoms with Crippen molar-refractivity contribution in [2.24, 2.45) is 0 Å². The molecule has 1 unspecified atom stereocenters. The van der Waals surface area contributed by atoms with Crippen LogP contribution in [-0.2, 0) is 0 Å². The molecule has 0 radical (unpaired) electrons. The van der Waals surface area contributed by atoms with E-state index in [-0.39, 0.29) is 0 Å². The highest BCUT2D eigenvalue weighted by Crippen LogP contribution is 2.28. The second-order valence-corrected chi connectivity index (χ2v) is 6.32. The maximum Gasteiger partial charge on any atom is 0.0491 e. The van der Waals surface area contributed by atoms with Gasteiger partial charge in [-0.25, -0.2) is 0 Å². The monoisotopic (exact) mass is 365 g/mol. The zero-order valence-electron chi connectivity index (χ0n) is 11.9. The lowest BCUT2D eigenvalue weighted by atomic mass is 9.95. The van der Waals surface area contributed by atoms with E-state index >= 15 is 0 Å². The van der Waals surface area contributed by atoms with Gasteiger partial charge in [0, 0.05) is 15.3 Å². The minimum atomic E-state index is 0.316. The molecule has 0 saturated carbocycles. The first-order valence-corrected chi connectivity index (χ1v) is 7.65. The first-order valence-electron chi connectivity index (χ1n) is 6.58. The number of para-hydroxylation sites is 1. The molecule has 0 saturated heterocycles. The number of hydrogen-bond acceptors (Lipinski definition) is 1. The van der Waals surface area contributed by atoms with Crippen molar-refractivity contribution in [3.05, 3.63) is 62.2 Å². The second kappa shape index (κ2) is 5.95. The Labute approximate surface area is 129 Å². The van der Waals surface area contributed by atoms with Gasteiger partial charge in [0.2, 0.25) is 0 Å². The Hall–Kier alpha value is -1.03. The first-order chi connectivity index (χ1) is 8.99. The van der Waals surface area contributed by atoms with E-state index in [1.54, 1.807) is 0 Å². The van der Waals surface area contributed by atoms with E-state index in [2.05, 4.69) is 92.0 Å². The number of rotatable bonds is 3. The summed E-state index contributed by atoms with van der Waals surface area (Å²) in [5, 5.41) is 3.62. The van der Waals surface area contributed by atoms with Crippen molar-refractivity contribution in [2.45, 2.75) is 33.7 Å². The summed E-state index contributed by atoms with van der Waals surface area (Å²) >= 11 is 2.37. The van der Waals surface area contributed by atoms with Crippen LogP contribution in [0, 0.1) is 24.3 Å². The second-order valence-electron chi connectivity index (χ2n) is 5.16. The zero-order chi connectivity index (χ0) is 14.0. The van der Waals surface area contributed by atoms with Crippen molar-refractivity contribution < 1.29 is 0 Å². The van der Waals surface area contributed by atoms with Gasteiger partial charge in [0.1, 0.15) is 0 Å². The fourth-order valence-electron chi connectivity index (χ4n) is 2.76. The largest absolute Gasteiger partial charge is 0.378 e. The molecule has 2 aromatic rings. The van der Waals surface area contributed by atoms with E-state index in [1.165, 1.54) is 31.5 Å². The molecule has 1 nitrogen and oxygen atoms in total. The van der Waals surface area contributed by atoms with Gasteiger partial charge in [-0.15, -0.1) is 0 Å². The topological polar surface area (TPSA) is 12.0 Å². The van der Waals surface area contributed by atoms with Crippen molar-refractivity contribution >= 4 is 28.3 Å². The molecule has 0 fully saturated rings. The number of anilines is 1. The Morgan fingerprint density at radius 1 is 1.00 bits per heavy atom. The Balaban J connectivity index is 2.31. The van der Waals surface area contributed by atoms with Gasteiger partial charge in [-0.2, -0.15) is 0 Å². The van der Waals surface area contributed by atoms with Crippen LogP contribution in [0.3, 0.4) is 0 Å². The Morgan fingerprint density at radius 3 is 2.16 bits per heavy atom. The van der Waals surface area contributed by atoms with Crippen LogP contribution < -0.4 is 5.32 Å². The van der Waals surface area contributed by atoms with Crippen molar-refractivity contribution in [3.8, 4) is 0 Å². The van der Waals surface area contributed by atoms with E-state index in [4.69, 9.17) is 0 Å². The summed E-state index contributed by atoms with van der Waals surface area (Å²) in [6, 6.07) is 13.2. The molecule has 0 bridgehead atoms. The fraction of sp³-hybridized carbons (Fsp3) is 0.294. The van der Waals surface area contributed by atoms with Crippen molar-refractivity contribution in [2.75, 3.05) is 5.32 Å². The highest BCUT2D eigenvalue weighted by atomic mass is 127. The van der Waals surface area contributed by atoms with Crippen LogP contribution >= 0.6 is 22.6 Å². The normalized spacial score (nSPS) is 12.3. The van der Waals surface area contributed by atoms with Crippen LogP contribution in [0.2, 0.25) is 0 Å². The summed E-state index contributed by atoms with van der Waals surface area (Å²) in [6.45, 7) is 8.78. The maximum atomic E-state index is 3.62. The number of halogens is 1. The fourth-order valence-corrected chi connectivity index (χ4v) is 3.30. The third-order valence-electron chi connectivity index (χ3n) is 3.42. The summed E-state index contributed by atoms with van der Waals surface area (Å²) in [6.07, 6.45) is 0. The van der Waals surface area contributed by atoms with E-state index in [9.17, 15) is 0 Å². The predicted octanol–water partition coefficient (Wildman–Crippen LogP) is 5.39. The van der Waals surface area contributed by atoms with Crippen molar-refractivity contribution in [1.82, 2.24) is 0 Å². The van der Waals surface area contributed by atoms with Crippen LogP contribution in [0.25, 0.3) is 0 Å². The number of benzene rings is 2. The lowest BCUT2D eigenvalue weighted by Crippen LogP contribution is -2.11. The summed E-state index contributed by atoms with van der Waals surface area (Å²) in [7, 11) is 0. The van der Waals surface area contributed by atoms with Gasteiger partial charge >= 0.3 is 0 Å². The molecule has 1 atom stereocenters. The summed E-state index contributed by atoms with van der Waals surface area (Å²) in [5.41, 5.74) is 6.67. The molecule has 0 spiro atoms. The minimum Gasteiger partial charge on any atom is -0.378 e. The molecule has 2 rings (SSSR count). The van der Waals surface area contributed by atoms with Crippen LogP contribution in [-0.4, -0.2) is 0 Å². The third kappa shape index (κ3) is 3.30. The number of nitrogens with one attached hydrogen (secondary N) is 1. The van der Waals surface area contributed by atoms with Crippen molar-refractivity contribution in [1.29, 1.82) is 0 Å². The first kappa shape index (κ1) is 14.4. The average Bonchev–Trinajstić information content (AvgIpc) is 2.30. The maximum absolute atomic E-state index is 3.62. The lowest BCUT2D eigenvalue weighted by molar-refractivity contribution is 0.861. The molecule has 0 aromatic heterocycles. The quantitative estimate of drug-likeness (QED) is 0.720. The summed E-state index contributed by atoms with van der Waals surface area (Å²) in [4.78, 5) is 0. The van der Waals surface area contributed by atoms with Gasteiger partial charge in [0.15, 0.2) is 0 Å². The zero-order valence-corrected chi connectivity index (χ0v) is 14.1. The smallest absolute Gasteiger partial charge is 0.0491 e. The standard InChI is InChI=1S/C17H20IN/c1-11-9-12(2)17(13(3)10-11)14(4)19-16-8-6-5-7-15(16)18/h5-10,14,19H,1-4H3. The molecular weight excluding hydrogens is 345 g/mol. The predicted molar refractivity (Wildman–Crippen MR) is 91.8 cm³/mol. The van der Waals surface area contributed by atoms with Crippen LogP contribution in [0.15, 0.2) is 36.4 Å². The summed E-state index contributed by atoms with van der Waals surface area (Å²) in [5.74, 6) is 0. The van der Waals surface area contributed by atoms with E-state index in [1.807, 2.05) is 0 Å². The molecule has 19 heavy (non-hydrogen) atoms. The van der Waals surface area contributed by atoms with Gasteiger partial charge < -0.3 is 5.32 Å². The molecular formula is C17H20IN. The van der Waals surface area contributed by atoms with E-state index < -0.39 is 0 Å². The molecule has 0 aliphatic heterocycles. The molecule has 0 amide bonds. The SMILES string of the molecule is Cc1cc(C)c(C(C)Nc2ccccc2I)c(C)c1. The highest BCUT2D eigenvalue weighted by molar-refractivity contribution is 14.1. The molecule has 2 heteroatoms. The van der Waals surface area contributed by atoms with Gasteiger partial charge in [-0.05, 0) is 79.1 Å². The van der Waals surface area contributed by atoms with Crippen LogP contribution in [0.4, 0.5) is 5.69 Å². The van der Waals surface area contributed by atoms with Gasteiger partial charge in [-0.3, -0.25) is 0 Å². The molecule has 100 valence electrons. The van der Waals surface area contributed by atoms with Gasteiger partial charge in [-0.1, -0.05) is 29.8 Å². The van der Waals surface area contributed by atoms with Gasteiger partial charge in [0.25, 0.3) is 0 Å². The molecule has 0 aliphatic rings. The van der Waals surface area contributed by atoms with Crippen molar-refractivity contribution in [3.63, 3.8) is 0 Å². The number of aryl methyl sites for hydroxylation is 3. The minimum absolute atomic E-state index is 0.316. The van der Waals surface area contributed by atoms with Crippen LogP contribution in [0.5, 0.6) is 0 Å². The van der Waals surface area contributed by atoms with E-state index in [0.717, 1.165) is 0 Å². The van der Waals surface area contributed by atoms with Crippen LogP contribution in [0.1, 0.15) is 35.2 Å². The highest BCUT2D eigenvalue weighted by Gasteiger charge is 2.12. The Bertz CT molecular complexity index is 567. The number of hydrogen-bond donors (Lipinski definition) is 1. The molecule has 2 aromatic carbocycles. The Morgan fingerprint density at radius 2 is 1.58 bits per heavy atom. The Kier molecular flexibility index (Phi) is 4.50. The van der Waals surface area contributed by atoms with Gasteiger partial charge in [0.05, 0.1) is 0 Å². The third-order valence-corrected chi connectivity index (χ3v) is 4.36. The summed E-state index contributed by atoms with van der Waals surface area (Å²) < 4.78 is 1.26. The molecule has 1 N–H and O–H groups in total. The molecule has 0 heterocycles. The molecule has 0 aliphatic carbocycles. The van der Waals surface area contributed by atoms with E-state index in [0.29, 0.717) is 6.04 Å².